The third-order valence-corrected chi connectivity index (χ3v) is 6.74. The topological polar surface area (TPSA) is 103 Å². The quantitative estimate of drug-likeness (QED) is 0.317. The molecular weight excluding hydrogens is 392 g/mol. The number of nitrogens with zero attached hydrogens (tertiary/aromatic N) is 6. The Balaban J connectivity index is 2.02. The number of hydrogen-bond acceptors (Lipinski definition) is 7. The molecule has 0 radical (unpaired) electrons. The molecule has 0 aliphatic rings. The van der Waals surface area contributed by atoms with Crippen LogP contribution in [0, 0.1) is 11.3 Å². The van der Waals surface area contributed by atoms with Crippen LogP contribution >= 0.6 is 11.8 Å². The SMILES string of the molecule is CCCC[S+]([O-])CSc1nc(-c2cccnc2)nc(-c2cn(C)cn2)c1C#N. The van der Waals surface area contributed by atoms with Crippen molar-refractivity contribution in [2.24, 2.45) is 7.05 Å². The van der Waals surface area contributed by atoms with Gasteiger partial charge >= 0.3 is 0 Å². The van der Waals surface area contributed by atoms with Gasteiger partial charge in [-0.05, 0) is 29.7 Å². The lowest BCUT2D eigenvalue weighted by Crippen LogP contribution is -2.09. The summed E-state index contributed by atoms with van der Waals surface area (Å²) in [7, 11) is 1.86. The highest BCUT2D eigenvalue weighted by molar-refractivity contribution is 8.12. The van der Waals surface area contributed by atoms with Crippen molar-refractivity contribution in [2.45, 2.75) is 24.8 Å². The van der Waals surface area contributed by atoms with E-state index in [-0.39, 0.29) is 0 Å². The summed E-state index contributed by atoms with van der Waals surface area (Å²) < 4.78 is 14.0. The van der Waals surface area contributed by atoms with E-state index in [4.69, 9.17) is 0 Å². The summed E-state index contributed by atoms with van der Waals surface area (Å²) in [6, 6.07) is 5.88. The normalized spacial score (nSPS) is 11.9. The summed E-state index contributed by atoms with van der Waals surface area (Å²) in [6.07, 6.45) is 8.75. The third kappa shape index (κ3) is 4.90. The summed E-state index contributed by atoms with van der Waals surface area (Å²) >= 11 is 0.358. The van der Waals surface area contributed by atoms with Crippen LogP contribution in [-0.4, -0.2) is 39.9 Å². The van der Waals surface area contributed by atoms with Crippen LogP contribution < -0.4 is 0 Å². The van der Waals surface area contributed by atoms with E-state index in [2.05, 4.69) is 32.9 Å². The third-order valence-electron chi connectivity index (χ3n) is 3.91. The molecule has 0 saturated heterocycles. The van der Waals surface area contributed by atoms with Gasteiger partial charge in [-0.3, -0.25) is 4.98 Å². The number of unbranched alkanes of at least 4 members (excludes halogenated alkanes) is 1. The monoisotopic (exact) mass is 412 g/mol. The van der Waals surface area contributed by atoms with Gasteiger partial charge in [-0.1, -0.05) is 25.1 Å². The second kappa shape index (κ2) is 9.68. The minimum absolute atomic E-state index is 0.351. The van der Waals surface area contributed by atoms with Crippen molar-refractivity contribution in [3.63, 3.8) is 0 Å². The Kier molecular flexibility index (Phi) is 7.03. The molecule has 0 amide bonds. The fraction of sp³-hybridized carbons (Fsp3) is 0.316. The van der Waals surface area contributed by atoms with Crippen molar-refractivity contribution in [3.8, 4) is 28.8 Å². The van der Waals surface area contributed by atoms with E-state index in [1.54, 1.807) is 23.3 Å². The largest absolute Gasteiger partial charge is 0.616 e. The van der Waals surface area contributed by atoms with Crippen LogP contribution in [0.25, 0.3) is 22.8 Å². The van der Waals surface area contributed by atoms with Crippen LogP contribution in [0.1, 0.15) is 25.3 Å². The van der Waals surface area contributed by atoms with E-state index in [0.29, 0.717) is 38.6 Å². The molecule has 0 bridgehead atoms. The van der Waals surface area contributed by atoms with E-state index in [9.17, 15) is 9.81 Å². The first-order valence-corrected chi connectivity index (χ1v) is 11.3. The molecular formula is C19H20N6OS2. The number of aromatic nitrogens is 5. The van der Waals surface area contributed by atoms with Crippen molar-refractivity contribution in [2.75, 3.05) is 10.8 Å². The predicted molar refractivity (Wildman–Crippen MR) is 111 cm³/mol. The molecule has 9 heteroatoms. The highest BCUT2D eigenvalue weighted by Crippen LogP contribution is 2.31. The van der Waals surface area contributed by atoms with E-state index in [1.807, 2.05) is 25.4 Å². The summed E-state index contributed by atoms with van der Waals surface area (Å²) in [5.74, 6) is 1.12. The summed E-state index contributed by atoms with van der Waals surface area (Å²) in [6.45, 7) is 2.07. The molecule has 7 nitrogen and oxygen atoms in total. The molecule has 0 aliphatic carbocycles. The Labute approximate surface area is 171 Å². The second-order valence-corrected chi connectivity index (χ2v) is 9.02. The van der Waals surface area contributed by atoms with E-state index >= 15 is 0 Å². The minimum atomic E-state index is -0.968. The highest BCUT2D eigenvalue weighted by atomic mass is 32.3. The van der Waals surface area contributed by atoms with Gasteiger partial charge in [-0.2, -0.15) is 5.26 Å². The van der Waals surface area contributed by atoms with Gasteiger partial charge < -0.3 is 9.12 Å². The first kappa shape index (κ1) is 20.3. The van der Waals surface area contributed by atoms with Gasteiger partial charge in [-0.25, -0.2) is 15.0 Å². The number of imidazole rings is 1. The van der Waals surface area contributed by atoms with Crippen molar-refractivity contribution >= 4 is 22.9 Å². The lowest BCUT2D eigenvalue weighted by atomic mass is 10.2. The molecule has 28 heavy (non-hydrogen) atoms. The van der Waals surface area contributed by atoms with Crippen LogP contribution in [0.5, 0.6) is 0 Å². The van der Waals surface area contributed by atoms with E-state index in [0.717, 1.165) is 18.4 Å². The maximum Gasteiger partial charge on any atom is 0.162 e. The van der Waals surface area contributed by atoms with E-state index in [1.165, 1.54) is 11.8 Å². The number of aryl methyl sites for hydroxylation is 1. The summed E-state index contributed by atoms with van der Waals surface area (Å²) in [5, 5.41) is 10.7. The predicted octanol–water partition coefficient (Wildman–Crippen LogP) is 3.41. The van der Waals surface area contributed by atoms with Gasteiger partial charge in [-0.15, -0.1) is 0 Å². The minimum Gasteiger partial charge on any atom is -0.616 e. The average Bonchev–Trinajstić information content (AvgIpc) is 3.16. The van der Waals surface area contributed by atoms with Crippen LogP contribution in [-0.2, 0) is 18.2 Å². The van der Waals surface area contributed by atoms with Gasteiger partial charge in [0.25, 0.3) is 0 Å². The maximum absolute atomic E-state index is 12.2. The second-order valence-electron chi connectivity index (χ2n) is 6.11. The van der Waals surface area contributed by atoms with Crippen molar-refractivity contribution in [1.29, 1.82) is 5.26 Å². The molecule has 3 aromatic rings. The number of pyridine rings is 1. The van der Waals surface area contributed by atoms with Crippen LogP contribution in [0.15, 0.2) is 42.1 Å². The van der Waals surface area contributed by atoms with Gasteiger partial charge in [0.1, 0.15) is 33.8 Å². The molecule has 0 aromatic carbocycles. The highest BCUT2D eigenvalue weighted by Gasteiger charge is 2.20. The van der Waals surface area contributed by atoms with Gasteiger partial charge in [0.05, 0.1) is 6.33 Å². The smallest absolute Gasteiger partial charge is 0.162 e. The van der Waals surface area contributed by atoms with Gasteiger partial charge in [0, 0.05) is 31.2 Å². The van der Waals surface area contributed by atoms with Crippen LogP contribution in [0.3, 0.4) is 0 Å². The van der Waals surface area contributed by atoms with Gasteiger partial charge in [0.2, 0.25) is 0 Å². The fourth-order valence-corrected chi connectivity index (χ4v) is 4.97. The molecule has 3 heterocycles. The summed E-state index contributed by atoms with van der Waals surface area (Å²) in [4.78, 5) is 17.6. The fourth-order valence-electron chi connectivity index (χ4n) is 2.48. The molecule has 1 unspecified atom stereocenters. The Morgan fingerprint density at radius 3 is 2.86 bits per heavy atom. The Hall–Kier alpha value is -2.41. The van der Waals surface area contributed by atoms with Crippen LogP contribution in [0.2, 0.25) is 0 Å². The molecule has 3 rings (SSSR count). The van der Waals surface area contributed by atoms with Gasteiger partial charge in [0.15, 0.2) is 10.9 Å². The standard InChI is InChI=1S/C19H20N6OS2/c1-3-4-8-28(26)13-27-19-15(9-20)17(16-11-25(2)12-22-16)23-18(24-19)14-6-5-7-21-10-14/h5-7,10-12H,3-4,8,13H2,1-2H3. The molecule has 0 spiro atoms. The van der Waals surface area contributed by atoms with Crippen molar-refractivity contribution in [1.82, 2.24) is 24.5 Å². The Morgan fingerprint density at radius 1 is 1.36 bits per heavy atom. The van der Waals surface area contributed by atoms with Crippen molar-refractivity contribution in [3.05, 3.63) is 42.6 Å². The molecule has 0 fully saturated rings. The lowest BCUT2D eigenvalue weighted by Gasteiger charge is -2.12. The van der Waals surface area contributed by atoms with Crippen LogP contribution in [0.4, 0.5) is 0 Å². The number of rotatable bonds is 8. The zero-order valence-electron chi connectivity index (χ0n) is 15.7. The number of nitriles is 1. The Morgan fingerprint density at radius 2 is 2.21 bits per heavy atom. The zero-order valence-corrected chi connectivity index (χ0v) is 17.3. The first-order valence-electron chi connectivity index (χ1n) is 8.81. The van der Waals surface area contributed by atoms with E-state index < -0.39 is 11.2 Å². The lowest BCUT2D eigenvalue weighted by molar-refractivity contribution is 0.596. The molecule has 3 aromatic heterocycles. The Bertz CT molecular complexity index is 970. The number of hydrogen-bond donors (Lipinski definition) is 0. The summed E-state index contributed by atoms with van der Waals surface area (Å²) in [5.41, 5.74) is 2.17. The molecule has 144 valence electrons. The van der Waals surface area contributed by atoms with Crippen molar-refractivity contribution < 1.29 is 4.55 Å². The maximum atomic E-state index is 12.2. The molecule has 0 saturated carbocycles. The first-order chi connectivity index (χ1) is 13.6. The number of thioether (sulfide) groups is 1. The molecule has 0 aliphatic heterocycles. The molecule has 0 N–H and O–H groups in total. The molecule has 1 atom stereocenters. The zero-order chi connectivity index (χ0) is 19.9. The average molecular weight is 413 g/mol.